The summed E-state index contributed by atoms with van der Waals surface area (Å²) in [6, 6.07) is 2.40. The minimum absolute atomic E-state index is 0.131. The van der Waals surface area contributed by atoms with Crippen LogP contribution in [0.5, 0.6) is 0 Å². The summed E-state index contributed by atoms with van der Waals surface area (Å²) in [5, 5.41) is 10.5. The average Bonchev–Trinajstić information content (AvgIpc) is 2.84. The van der Waals surface area contributed by atoms with Gasteiger partial charge in [-0.15, -0.1) is 0 Å². The normalized spacial score (nSPS) is 11.8. The van der Waals surface area contributed by atoms with E-state index < -0.39 is 27.3 Å². The van der Waals surface area contributed by atoms with Gasteiger partial charge in [0.25, 0.3) is 0 Å². The van der Waals surface area contributed by atoms with E-state index in [0.29, 0.717) is 10.2 Å². The van der Waals surface area contributed by atoms with Crippen LogP contribution in [-0.4, -0.2) is 18.5 Å². The number of halogens is 2. The van der Waals surface area contributed by atoms with Gasteiger partial charge in [-0.05, 0) is 12.1 Å². The molecule has 0 radical (unpaired) electrons. The number of nitrogens with one attached hydrogen (secondary N) is 2. The number of hydrogen-bond donors (Lipinski definition) is 3. The average molecular weight is 397 g/mol. The molecule has 2 aromatic rings. The summed E-state index contributed by atoms with van der Waals surface area (Å²) in [6.45, 7) is -0.785. The molecule has 114 valence electrons. The molecule has 0 fully saturated rings. The predicted octanol–water partition coefficient (Wildman–Crippen LogP) is 1.31. The van der Waals surface area contributed by atoms with Crippen molar-refractivity contribution < 1.29 is 17.9 Å². The van der Waals surface area contributed by atoms with Crippen LogP contribution >= 0.6 is 27.3 Å². The molecule has 0 atom stereocenters. The van der Waals surface area contributed by atoms with Crippen molar-refractivity contribution in [3.05, 3.63) is 48.7 Å². The van der Waals surface area contributed by atoms with Crippen LogP contribution in [0.4, 0.5) is 4.39 Å². The highest BCUT2D eigenvalue weighted by Crippen LogP contribution is 2.24. The Kier molecular flexibility index (Phi) is 4.94. The number of hydrogen-bond acceptors (Lipinski definition) is 5. The summed E-state index contributed by atoms with van der Waals surface area (Å²) in [4.78, 5) is 12.5. The highest BCUT2D eigenvalue weighted by Gasteiger charge is 2.22. The Morgan fingerprint density at radius 1 is 1.43 bits per heavy atom. The number of aliphatic hydroxyl groups excluding tert-OH is 1. The van der Waals surface area contributed by atoms with Crippen molar-refractivity contribution in [1.82, 2.24) is 9.71 Å². The van der Waals surface area contributed by atoms with Gasteiger partial charge >= 0.3 is 4.87 Å². The van der Waals surface area contributed by atoms with E-state index >= 15 is 0 Å². The fourth-order valence-corrected chi connectivity index (χ4v) is 3.97. The molecule has 10 heteroatoms. The smallest absolute Gasteiger partial charge is 0.304 e. The first-order valence-electron chi connectivity index (χ1n) is 5.58. The first kappa shape index (κ1) is 16.3. The number of aromatic nitrogens is 1. The Morgan fingerprint density at radius 3 is 2.71 bits per heavy atom. The third-order valence-electron chi connectivity index (χ3n) is 2.56. The molecule has 0 saturated carbocycles. The lowest BCUT2D eigenvalue weighted by Gasteiger charge is -2.10. The first-order valence-corrected chi connectivity index (χ1v) is 8.74. The molecule has 0 bridgehead atoms. The molecule has 6 nitrogen and oxygen atoms in total. The number of aromatic amines is 1. The monoisotopic (exact) mass is 396 g/mol. The second-order valence-corrected chi connectivity index (χ2v) is 7.53. The lowest BCUT2D eigenvalue weighted by molar-refractivity contribution is 0.274. The van der Waals surface area contributed by atoms with Gasteiger partial charge in [-0.1, -0.05) is 27.3 Å². The van der Waals surface area contributed by atoms with Crippen molar-refractivity contribution in [3.8, 4) is 0 Å². The number of benzene rings is 1. The molecule has 3 N–H and O–H groups in total. The molecule has 0 saturated heterocycles. The number of H-pyrrole nitrogens is 1. The molecule has 0 unspecified atom stereocenters. The fourth-order valence-electron chi connectivity index (χ4n) is 1.58. The van der Waals surface area contributed by atoms with Crippen molar-refractivity contribution >= 4 is 37.3 Å². The maximum Gasteiger partial charge on any atom is 0.304 e. The molecular weight excluding hydrogens is 387 g/mol. The van der Waals surface area contributed by atoms with E-state index in [9.17, 15) is 17.6 Å². The highest BCUT2D eigenvalue weighted by atomic mass is 79.9. The predicted molar refractivity (Wildman–Crippen MR) is 79.0 cm³/mol. The summed E-state index contributed by atoms with van der Waals surface area (Å²) in [5.41, 5.74) is 0.250. The van der Waals surface area contributed by atoms with Crippen LogP contribution in [0.15, 0.2) is 31.7 Å². The number of aliphatic hydroxyl groups is 1. The molecule has 0 aliphatic carbocycles. The maximum atomic E-state index is 14.0. The molecule has 0 amide bonds. The third-order valence-corrected chi connectivity index (χ3v) is 5.14. The van der Waals surface area contributed by atoms with Crippen molar-refractivity contribution in [2.45, 2.75) is 18.0 Å². The highest BCUT2D eigenvalue weighted by molar-refractivity contribution is 9.10. The Labute approximate surface area is 131 Å². The van der Waals surface area contributed by atoms with E-state index in [2.05, 4.69) is 25.6 Å². The lowest BCUT2D eigenvalue weighted by atomic mass is 10.2. The molecule has 2 rings (SSSR count). The van der Waals surface area contributed by atoms with Gasteiger partial charge in [0.15, 0.2) is 0 Å². The van der Waals surface area contributed by atoms with Crippen molar-refractivity contribution in [3.63, 3.8) is 0 Å². The molecule has 21 heavy (non-hydrogen) atoms. The van der Waals surface area contributed by atoms with Gasteiger partial charge in [0.1, 0.15) is 10.7 Å². The van der Waals surface area contributed by atoms with Crippen LogP contribution in [0.25, 0.3) is 0 Å². The van der Waals surface area contributed by atoms with Crippen LogP contribution in [0.1, 0.15) is 11.3 Å². The molecule has 0 aliphatic heterocycles. The van der Waals surface area contributed by atoms with Gasteiger partial charge in [0, 0.05) is 21.1 Å². The summed E-state index contributed by atoms with van der Waals surface area (Å²) in [7, 11) is -4.12. The zero-order valence-electron chi connectivity index (χ0n) is 10.4. The second-order valence-electron chi connectivity index (χ2n) is 4.03. The molecule has 0 spiro atoms. The quantitative estimate of drug-likeness (QED) is 0.709. The van der Waals surface area contributed by atoms with E-state index in [1.165, 1.54) is 11.4 Å². The zero-order chi connectivity index (χ0) is 15.6. The van der Waals surface area contributed by atoms with Crippen LogP contribution in [-0.2, 0) is 23.2 Å². The van der Waals surface area contributed by atoms with Gasteiger partial charge in [-0.3, -0.25) is 4.79 Å². The van der Waals surface area contributed by atoms with E-state index in [0.717, 1.165) is 17.4 Å². The van der Waals surface area contributed by atoms with Crippen molar-refractivity contribution in [2.24, 2.45) is 0 Å². The van der Waals surface area contributed by atoms with E-state index in [1.807, 2.05) is 0 Å². The molecule has 1 aromatic carbocycles. The van der Waals surface area contributed by atoms with Gasteiger partial charge in [0.05, 0.1) is 13.2 Å². The van der Waals surface area contributed by atoms with Crippen molar-refractivity contribution in [1.29, 1.82) is 0 Å². The van der Waals surface area contributed by atoms with Gasteiger partial charge in [0.2, 0.25) is 10.0 Å². The Hall–Kier alpha value is -1.07. The lowest BCUT2D eigenvalue weighted by Crippen LogP contribution is -2.25. The fraction of sp³-hybridized carbons (Fsp3) is 0.182. The number of thiazole rings is 1. The van der Waals surface area contributed by atoms with Gasteiger partial charge in [-0.25, -0.2) is 17.5 Å². The minimum atomic E-state index is -4.12. The Balaban J connectivity index is 2.31. The summed E-state index contributed by atoms with van der Waals surface area (Å²) in [6.07, 6.45) is 0. The van der Waals surface area contributed by atoms with Gasteiger partial charge < -0.3 is 10.1 Å². The molecule has 1 aromatic heterocycles. The first-order chi connectivity index (χ1) is 9.83. The van der Waals surface area contributed by atoms with E-state index in [4.69, 9.17) is 5.11 Å². The second kappa shape index (κ2) is 6.36. The van der Waals surface area contributed by atoms with Crippen LogP contribution in [0.3, 0.4) is 0 Å². The standard InChI is InChI=1S/C11H10BrFN2O4S2/c12-7-1-6(4-16)10(13)9(2-7)21(18,19)14-3-8-5-20-11(17)15-8/h1-2,5,14,16H,3-4H2,(H,15,17). The maximum absolute atomic E-state index is 14.0. The van der Waals surface area contributed by atoms with Crippen LogP contribution in [0.2, 0.25) is 0 Å². The zero-order valence-corrected chi connectivity index (χ0v) is 13.6. The number of sulfonamides is 1. The topological polar surface area (TPSA) is 99.3 Å². The molecule has 0 aliphatic rings. The van der Waals surface area contributed by atoms with Crippen LogP contribution < -0.4 is 9.60 Å². The van der Waals surface area contributed by atoms with Crippen molar-refractivity contribution in [2.75, 3.05) is 0 Å². The molecular formula is C11H10BrFN2O4S2. The summed E-state index contributed by atoms with van der Waals surface area (Å²) >= 11 is 3.97. The van der Waals surface area contributed by atoms with Gasteiger partial charge in [-0.2, -0.15) is 0 Å². The Morgan fingerprint density at radius 2 is 2.14 bits per heavy atom. The third kappa shape index (κ3) is 3.77. The summed E-state index contributed by atoms with van der Waals surface area (Å²) < 4.78 is 40.8. The Bertz CT molecular complexity index is 816. The minimum Gasteiger partial charge on any atom is -0.392 e. The van der Waals surface area contributed by atoms with Crippen LogP contribution in [0, 0.1) is 5.82 Å². The number of rotatable bonds is 5. The molecule has 1 heterocycles. The largest absolute Gasteiger partial charge is 0.392 e. The summed E-state index contributed by atoms with van der Waals surface area (Å²) in [5.74, 6) is -1.01. The SMILES string of the molecule is O=c1[nH]c(CNS(=O)(=O)c2cc(Br)cc(CO)c2F)cs1. The van der Waals surface area contributed by atoms with E-state index in [1.54, 1.807) is 0 Å². The van der Waals surface area contributed by atoms with E-state index in [-0.39, 0.29) is 17.0 Å².